The number of aliphatic imine (C=N–C) groups is 1. The average molecular weight is 393 g/mol. The van der Waals surface area contributed by atoms with E-state index in [9.17, 15) is 8.42 Å². The summed E-state index contributed by atoms with van der Waals surface area (Å²) in [7, 11) is 2.50. The summed E-state index contributed by atoms with van der Waals surface area (Å²) in [5, 5.41) is 6.55. The van der Waals surface area contributed by atoms with Crippen molar-refractivity contribution in [2.24, 2.45) is 4.99 Å². The van der Waals surface area contributed by atoms with Crippen LogP contribution in [0, 0.1) is 6.92 Å². The van der Waals surface area contributed by atoms with Gasteiger partial charge < -0.3 is 15.1 Å². The van der Waals surface area contributed by atoms with Crippen molar-refractivity contribution in [1.82, 2.24) is 15.5 Å². The number of likely N-dealkylation sites (N-methyl/N-ethyl adjacent to an activating group) is 1. The molecule has 2 aromatic rings. The molecule has 0 saturated heterocycles. The van der Waals surface area contributed by atoms with Gasteiger partial charge >= 0.3 is 0 Å². The van der Waals surface area contributed by atoms with Crippen molar-refractivity contribution in [2.75, 3.05) is 33.9 Å². The highest BCUT2D eigenvalue weighted by atomic mass is 32.2. The Labute approximate surface area is 161 Å². The number of hydrogen-bond acceptors (Lipinski definition) is 5. The van der Waals surface area contributed by atoms with Crippen LogP contribution in [0.5, 0.6) is 0 Å². The number of furan rings is 1. The van der Waals surface area contributed by atoms with Crippen molar-refractivity contribution in [2.45, 2.75) is 24.4 Å². The molecule has 1 heterocycles. The molecule has 2 rings (SSSR count). The first kappa shape index (κ1) is 21.0. The van der Waals surface area contributed by atoms with Crippen molar-refractivity contribution in [3.63, 3.8) is 0 Å². The maximum atomic E-state index is 11.7. The van der Waals surface area contributed by atoms with Gasteiger partial charge in [0.15, 0.2) is 15.8 Å². The average Bonchev–Trinajstić information content (AvgIpc) is 3.10. The highest BCUT2D eigenvalue weighted by molar-refractivity contribution is 7.90. The van der Waals surface area contributed by atoms with Crippen LogP contribution in [0.25, 0.3) is 0 Å². The minimum absolute atomic E-state index is 0.0786. The zero-order valence-corrected chi connectivity index (χ0v) is 17.3. The van der Waals surface area contributed by atoms with Crippen LogP contribution in [-0.4, -0.2) is 53.2 Å². The van der Waals surface area contributed by atoms with Crippen LogP contribution in [0.2, 0.25) is 0 Å². The summed E-state index contributed by atoms with van der Waals surface area (Å²) in [6, 6.07) is 9.25. The van der Waals surface area contributed by atoms with E-state index in [1.807, 2.05) is 38.4 Å². The topological polar surface area (TPSA) is 86.9 Å². The predicted octanol–water partition coefficient (Wildman–Crippen LogP) is 1.96. The molecule has 1 aromatic heterocycles. The Morgan fingerprint density at radius 2 is 2.00 bits per heavy atom. The molecule has 0 amide bonds. The van der Waals surface area contributed by atoms with Crippen molar-refractivity contribution in [3.8, 4) is 0 Å². The summed E-state index contributed by atoms with van der Waals surface area (Å²) in [5.41, 5.74) is 1.73. The minimum Gasteiger partial charge on any atom is -0.468 e. The molecule has 1 aromatic carbocycles. The SMILES string of the molecule is CN=C(NCc1ccc(S(C)(=O)=O)c(C)c1)NCC(c1ccco1)N(C)C. The standard InChI is InChI=1S/C19H28N4O3S/c1-14-11-15(8-9-18(14)27(5,24)25)12-21-19(20-2)22-13-16(23(3)4)17-7-6-10-26-17/h6-11,16H,12-13H2,1-5H3,(H2,20,21,22). The van der Waals surface area contributed by atoms with E-state index in [-0.39, 0.29) is 6.04 Å². The molecular weight excluding hydrogens is 364 g/mol. The molecular formula is C19H28N4O3S. The van der Waals surface area contributed by atoms with E-state index in [1.54, 1.807) is 26.3 Å². The third kappa shape index (κ3) is 5.83. The van der Waals surface area contributed by atoms with Crippen molar-refractivity contribution in [3.05, 3.63) is 53.5 Å². The third-order valence-electron chi connectivity index (χ3n) is 4.28. The van der Waals surface area contributed by atoms with Crippen LogP contribution in [0.4, 0.5) is 0 Å². The Morgan fingerprint density at radius 1 is 1.26 bits per heavy atom. The van der Waals surface area contributed by atoms with E-state index < -0.39 is 9.84 Å². The first-order valence-electron chi connectivity index (χ1n) is 8.66. The first-order valence-corrected chi connectivity index (χ1v) is 10.6. The Kier molecular flexibility index (Phi) is 7.04. The van der Waals surface area contributed by atoms with E-state index in [0.29, 0.717) is 23.9 Å². The van der Waals surface area contributed by atoms with Crippen LogP contribution < -0.4 is 10.6 Å². The molecule has 2 N–H and O–H groups in total. The number of rotatable bonds is 7. The Hall–Kier alpha value is -2.32. The summed E-state index contributed by atoms with van der Waals surface area (Å²) >= 11 is 0. The first-order chi connectivity index (χ1) is 12.7. The van der Waals surface area contributed by atoms with Gasteiger partial charge in [-0.1, -0.05) is 12.1 Å². The zero-order valence-electron chi connectivity index (χ0n) is 16.5. The van der Waals surface area contributed by atoms with Crippen LogP contribution in [0.15, 0.2) is 50.9 Å². The molecule has 27 heavy (non-hydrogen) atoms. The summed E-state index contributed by atoms with van der Waals surface area (Å²) in [4.78, 5) is 6.68. The van der Waals surface area contributed by atoms with Crippen molar-refractivity contribution < 1.29 is 12.8 Å². The zero-order chi connectivity index (χ0) is 20.0. The molecule has 0 bridgehead atoms. The second-order valence-electron chi connectivity index (χ2n) is 6.67. The van der Waals surface area contributed by atoms with Gasteiger partial charge in [-0.25, -0.2) is 8.42 Å². The van der Waals surface area contributed by atoms with Crippen LogP contribution in [-0.2, 0) is 16.4 Å². The molecule has 0 saturated carbocycles. The minimum atomic E-state index is -3.20. The summed E-state index contributed by atoms with van der Waals surface area (Å²) in [5.74, 6) is 1.55. The van der Waals surface area contributed by atoms with Gasteiger partial charge in [0.25, 0.3) is 0 Å². The molecule has 0 aliphatic heterocycles. The maximum absolute atomic E-state index is 11.7. The maximum Gasteiger partial charge on any atom is 0.191 e. The van der Waals surface area contributed by atoms with Gasteiger partial charge in [-0.05, 0) is 50.3 Å². The second-order valence-corrected chi connectivity index (χ2v) is 8.66. The summed E-state index contributed by atoms with van der Waals surface area (Å²) in [6.07, 6.45) is 2.89. The molecule has 0 aliphatic carbocycles. The van der Waals surface area contributed by atoms with Crippen LogP contribution in [0.3, 0.4) is 0 Å². The number of sulfone groups is 1. The van der Waals surface area contributed by atoms with E-state index in [4.69, 9.17) is 4.42 Å². The molecule has 0 spiro atoms. The highest BCUT2D eigenvalue weighted by Crippen LogP contribution is 2.18. The van der Waals surface area contributed by atoms with Gasteiger partial charge in [0, 0.05) is 26.4 Å². The quantitative estimate of drug-likeness (QED) is 0.553. The molecule has 0 radical (unpaired) electrons. The van der Waals surface area contributed by atoms with Gasteiger partial charge in [-0.15, -0.1) is 0 Å². The van der Waals surface area contributed by atoms with Crippen LogP contribution in [0.1, 0.15) is 22.9 Å². The number of nitrogens with one attached hydrogen (secondary N) is 2. The van der Waals surface area contributed by atoms with Crippen molar-refractivity contribution >= 4 is 15.8 Å². The number of hydrogen-bond donors (Lipinski definition) is 2. The number of nitrogens with zero attached hydrogens (tertiary/aromatic N) is 2. The van der Waals surface area contributed by atoms with E-state index in [0.717, 1.165) is 16.9 Å². The fourth-order valence-corrected chi connectivity index (χ4v) is 3.81. The Bertz CT molecular complexity index is 874. The van der Waals surface area contributed by atoms with Gasteiger partial charge in [0.2, 0.25) is 0 Å². The number of aryl methyl sites for hydroxylation is 1. The normalized spacial score (nSPS) is 13.6. The lowest BCUT2D eigenvalue weighted by Gasteiger charge is -2.23. The second kappa shape index (κ2) is 9.05. The van der Waals surface area contributed by atoms with Gasteiger partial charge in [-0.3, -0.25) is 9.89 Å². The van der Waals surface area contributed by atoms with E-state index in [1.165, 1.54) is 6.26 Å². The smallest absolute Gasteiger partial charge is 0.191 e. The van der Waals surface area contributed by atoms with Gasteiger partial charge in [0.05, 0.1) is 17.2 Å². The lowest BCUT2D eigenvalue weighted by molar-refractivity contribution is 0.258. The Morgan fingerprint density at radius 3 is 2.52 bits per heavy atom. The lowest BCUT2D eigenvalue weighted by atomic mass is 10.1. The lowest BCUT2D eigenvalue weighted by Crippen LogP contribution is -2.41. The molecule has 1 unspecified atom stereocenters. The fraction of sp³-hybridized carbons (Fsp3) is 0.421. The largest absolute Gasteiger partial charge is 0.468 e. The van der Waals surface area contributed by atoms with E-state index >= 15 is 0 Å². The van der Waals surface area contributed by atoms with Crippen molar-refractivity contribution in [1.29, 1.82) is 0 Å². The highest BCUT2D eigenvalue weighted by Gasteiger charge is 2.17. The molecule has 148 valence electrons. The monoisotopic (exact) mass is 392 g/mol. The summed E-state index contributed by atoms with van der Waals surface area (Å²) in [6.45, 7) is 2.97. The summed E-state index contributed by atoms with van der Waals surface area (Å²) < 4.78 is 29.0. The molecule has 1 atom stereocenters. The fourth-order valence-electron chi connectivity index (χ4n) is 2.86. The predicted molar refractivity (Wildman–Crippen MR) is 108 cm³/mol. The van der Waals surface area contributed by atoms with Gasteiger partial charge in [-0.2, -0.15) is 0 Å². The van der Waals surface area contributed by atoms with Crippen LogP contribution >= 0.6 is 0 Å². The number of guanidine groups is 1. The van der Waals surface area contributed by atoms with Gasteiger partial charge in [0.1, 0.15) is 5.76 Å². The third-order valence-corrected chi connectivity index (χ3v) is 5.54. The Balaban J connectivity index is 1.97. The molecule has 0 aliphatic rings. The molecule has 7 nitrogen and oxygen atoms in total. The van der Waals surface area contributed by atoms with E-state index in [2.05, 4.69) is 20.5 Å². The molecule has 0 fully saturated rings. The number of benzene rings is 1. The molecule has 8 heteroatoms.